The maximum absolute atomic E-state index is 12.4. The van der Waals surface area contributed by atoms with Gasteiger partial charge in [0, 0.05) is 12.8 Å². The molecule has 0 saturated heterocycles. The van der Waals surface area contributed by atoms with Crippen LogP contribution in [-0.2, 0) is 11.2 Å². The molecule has 2 heterocycles. The van der Waals surface area contributed by atoms with E-state index in [1.54, 1.807) is 0 Å². The molecule has 0 bridgehead atoms. The Morgan fingerprint density at radius 2 is 1.67 bits per heavy atom. The van der Waals surface area contributed by atoms with E-state index >= 15 is 0 Å². The van der Waals surface area contributed by atoms with Crippen LogP contribution in [0.2, 0.25) is 0 Å². The standard InChI is InChI=1S/C21H23NO5/c1-14(16-5-7-17-20(12-16)25-10-2-9-24-17)22-21(23)8-4-15-3-6-18-19(11-15)27-13-26-18/h3,5-7,11-12,14H,2,4,8-10,13H2,1H3,(H,22,23)/t14-/m1/s1. The summed E-state index contributed by atoms with van der Waals surface area (Å²) in [6.07, 6.45) is 1.93. The van der Waals surface area contributed by atoms with Crippen LogP contribution < -0.4 is 24.3 Å². The molecule has 0 aliphatic carbocycles. The summed E-state index contributed by atoms with van der Waals surface area (Å²) in [5.74, 6) is 3.01. The van der Waals surface area contributed by atoms with Crippen LogP contribution in [0.3, 0.4) is 0 Å². The molecule has 0 unspecified atom stereocenters. The van der Waals surface area contributed by atoms with E-state index in [0.717, 1.165) is 40.5 Å². The topological polar surface area (TPSA) is 66.0 Å². The number of amides is 1. The van der Waals surface area contributed by atoms with Gasteiger partial charge in [0.15, 0.2) is 23.0 Å². The molecule has 0 aromatic heterocycles. The minimum absolute atomic E-state index is 0.00674. The lowest BCUT2D eigenvalue weighted by molar-refractivity contribution is -0.121. The molecule has 2 aliphatic heterocycles. The zero-order chi connectivity index (χ0) is 18.6. The van der Waals surface area contributed by atoms with Gasteiger partial charge in [-0.2, -0.15) is 0 Å². The molecule has 0 fully saturated rings. The third kappa shape index (κ3) is 4.10. The number of aryl methyl sites for hydroxylation is 1. The van der Waals surface area contributed by atoms with Crippen molar-refractivity contribution in [2.45, 2.75) is 32.2 Å². The van der Waals surface area contributed by atoms with Gasteiger partial charge in [-0.25, -0.2) is 0 Å². The van der Waals surface area contributed by atoms with Crippen LogP contribution in [0, 0.1) is 0 Å². The lowest BCUT2D eigenvalue weighted by Crippen LogP contribution is -2.26. The molecule has 142 valence electrons. The van der Waals surface area contributed by atoms with E-state index in [-0.39, 0.29) is 18.7 Å². The highest BCUT2D eigenvalue weighted by Crippen LogP contribution is 2.33. The predicted molar refractivity (Wildman–Crippen MR) is 99.5 cm³/mol. The molecule has 6 heteroatoms. The van der Waals surface area contributed by atoms with Crippen LogP contribution in [0.15, 0.2) is 36.4 Å². The summed E-state index contributed by atoms with van der Waals surface area (Å²) in [6, 6.07) is 11.5. The SMILES string of the molecule is C[C@@H](NC(=O)CCc1ccc2c(c1)OCO2)c1ccc2c(c1)OCCCO2. The number of rotatable bonds is 5. The Bertz CT molecular complexity index is 835. The summed E-state index contributed by atoms with van der Waals surface area (Å²) in [5.41, 5.74) is 2.05. The van der Waals surface area contributed by atoms with E-state index in [9.17, 15) is 4.79 Å². The molecule has 2 aromatic carbocycles. The number of hydrogen-bond acceptors (Lipinski definition) is 5. The first-order valence-electron chi connectivity index (χ1n) is 9.26. The van der Waals surface area contributed by atoms with Gasteiger partial charge in [0.2, 0.25) is 12.7 Å². The quantitative estimate of drug-likeness (QED) is 0.875. The second kappa shape index (κ2) is 7.78. The van der Waals surface area contributed by atoms with Crippen molar-refractivity contribution in [2.75, 3.05) is 20.0 Å². The van der Waals surface area contributed by atoms with Crippen LogP contribution in [0.1, 0.15) is 36.9 Å². The van der Waals surface area contributed by atoms with Gasteiger partial charge in [-0.1, -0.05) is 12.1 Å². The highest BCUT2D eigenvalue weighted by Gasteiger charge is 2.16. The van der Waals surface area contributed by atoms with Gasteiger partial charge < -0.3 is 24.3 Å². The molecule has 6 nitrogen and oxygen atoms in total. The Morgan fingerprint density at radius 1 is 0.963 bits per heavy atom. The minimum atomic E-state index is -0.105. The van der Waals surface area contributed by atoms with Gasteiger partial charge in [-0.05, 0) is 48.7 Å². The van der Waals surface area contributed by atoms with Gasteiger partial charge in [0.25, 0.3) is 0 Å². The largest absolute Gasteiger partial charge is 0.490 e. The summed E-state index contributed by atoms with van der Waals surface area (Å²) in [6.45, 7) is 3.54. The number of carbonyl (C=O) groups excluding carboxylic acids is 1. The second-order valence-corrected chi connectivity index (χ2v) is 6.73. The zero-order valence-electron chi connectivity index (χ0n) is 15.3. The molecule has 2 aromatic rings. The maximum Gasteiger partial charge on any atom is 0.231 e. The van der Waals surface area contributed by atoms with Crippen LogP contribution in [0.5, 0.6) is 23.0 Å². The summed E-state index contributed by atoms with van der Waals surface area (Å²) < 4.78 is 22.1. The van der Waals surface area contributed by atoms with Crippen molar-refractivity contribution in [3.8, 4) is 23.0 Å². The van der Waals surface area contributed by atoms with E-state index in [1.807, 2.05) is 43.3 Å². The van der Waals surface area contributed by atoms with Crippen molar-refractivity contribution in [1.29, 1.82) is 0 Å². The van der Waals surface area contributed by atoms with Crippen molar-refractivity contribution < 1.29 is 23.7 Å². The van der Waals surface area contributed by atoms with E-state index < -0.39 is 0 Å². The molecule has 27 heavy (non-hydrogen) atoms. The summed E-state index contributed by atoms with van der Waals surface area (Å²) in [4.78, 5) is 12.4. The molecule has 2 aliphatic rings. The molecule has 1 N–H and O–H groups in total. The zero-order valence-corrected chi connectivity index (χ0v) is 15.3. The highest BCUT2D eigenvalue weighted by molar-refractivity contribution is 5.76. The van der Waals surface area contributed by atoms with Gasteiger partial charge in [0.1, 0.15) is 0 Å². The minimum Gasteiger partial charge on any atom is -0.490 e. The van der Waals surface area contributed by atoms with Crippen molar-refractivity contribution in [1.82, 2.24) is 5.32 Å². The number of hydrogen-bond donors (Lipinski definition) is 1. The first-order chi connectivity index (χ1) is 13.2. The molecule has 0 spiro atoms. The fraction of sp³-hybridized carbons (Fsp3) is 0.381. The monoisotopic (exact) mass is 369 g/mol. The summed E-state index contributed by atoms with van der Waals surface area (Å²) in [5, 5.41) is 3.05. The first-order valence-corrected chi connectivity index (χ1v) is 9.26. The number of carbonyl (C=O) groups is 1. The third-order valence-corrected chi connectivity index (χ3v) is 4.73. The highest BCUT2D eigenvalue weighted by atomic mass is 16.7. The van der Waals surface area contributed by atoms with Crippen molar-refractivity contribution in [2.24, 2.45) is 0 Å². The van der Waals surface area contributed by atoms with E-state index in [0.29, 0.717) is 26.1 Å². The molecule has 0 radical (unpaired) electrons. The number of nitrogens with one attached hydrogen (secondary N) is 1. The number of ether oxygens (including phenoxy) is 4. The first kappa shape index (κ1) is 17.5. The van der Waals surface area contributed by atoms with Crippen LogP contribution >= 0.6 is 0 Å². The van der Waals surface area contributed by atoms with E-state index in [4.69, 9.17) is 18.9 Å². The fourth-order valence-corrected chi connectivity index (χ4v) is 3.20. The molecular weight excluding hydrogens is 346 g/mol. The van der Waals surface area contributed by atoms with Gasteiger partial charge in [-0.15, -0.1) is 0 Å². The average Bonchev–Trinajstić information content (AvgIpc) is 3.01. The van der Waals surface area contributed by atoms with Crippen LogP contribution in [0.25, 0.3) is 0 Å². The molecule has 0 saturated carbocycles. The van der Waals surface area contributed by atoms with Crippen LogP contribution in [0.4, 0.5) is 0 Å². The smallest absolute Gasteiger partial charge is 0.231 e. The van der Waals surface area contributed by atoms with Crippen molar-refractivity contribution in [3.05, 3.63) is 47.5 Å². The Balaban J connectivity index is 1.33. The summed E-state index contributed by atoms with van der Waals surface area (Å²) in [7, 11) is 0. The van der Waals surface area contributed by atoms with Crippen LogP contribution in [-0.4, -0.2) is 25.9 Å². The van der Waals surface area contributed by atoms with Gasteiger partial charge in [-0.3, -0.25) is 4.79 Å². The Labute approximate surface area is 158 Å². The van der Waals surface area contributed by atoms with E-state index in [2.05, 4.69) is 5.32 Å². The maximum atomic E-state index is 12.4. The Kier molecular flexibility index (Phi) is 5.05. The van der Waals surface area contributed by atoms with Crippen molar-refractivity contribution in [3.63, 3.8) is 0 Å². The normalized spacial score (nSPS) is 15.7. The van der Waals surface area contributed by atoms with E-state index in [1.165, 1.54) is 0 Å². The number of fused-ring (bicyclic) bond motifs is 2. The van der Waals surface area contributed by atoms with Gasteiger partial charge in [0.05, 0.1) is 19.3 Å². The lowest BCUT2D eigenvalue weighted by atomic mass is 10.1. The lowest BCUT2D eigenvalue weighted by Gasteiger charge is -2.16. The third-order valence-electron chi connectivity index (χ3n) is 4.73. The molecule has 1 atom stereocenters. The second-order valence-electron chi connectivity index (χ2n) is 6.73. The molecule has 1 amide bonds. The fourth-order valence-electron chi connectivity index (χ4n) is 3.20. The molecular formula is C21H23NO5. The van der Waals surface area contributed by atoms with Crippen molar-refractivity contribution >= 4 is 5.91 Å². The number of benzene rings is 2. The predicted octanol–water partition coefficient (Wildman–Crippen LogP) is 3.39. The Morgan fingerprint density at radius 3 is 2.56 bits per heavy atom. The average molecular weight is 369 g/mol. The summed E-state index contributed by atoms with van der Waals surface area (Å²) >= 11 is 0. The van der Waals surface area contributed by atoms with Gasteiger partial charge >= 0.3 is 0 Å². The molecule has 4 rings (SSSR count). The Hall–Kier alpha value is -2.89.